The molecule has 0 saturated heterocycles. The second kappa shape index (κ2) is 10.8. The zero-order valence-electron chi connectivity index (χ0n) is 23.7. The number of carbonyl (C=O) groups excluding carboxylic acids is 3. The molecular formula is C36H30O6. The fourth-order valence-corrected chi connectivity index (χ4v) is 6.21. The fourth-order valence-electron chi connectivity index (χ4n) is 6.21. The Morgan fingerprint density at radius 3 is 2.00 bits per heavy atom. The molecule has 2 aliphatic carbocycles. The van der Waals surface area contributed by atoms with Crippen molar-refractivity contribution in [3.63, 3.8) is 0 Å². The maximum Gasteiger partial charge on any atom is 0.324 e. The van der Waals surface area contributed by atoms with Gasteiger partial charge in [0.1, 0.15) is 11.5 Å². The van der Waals surface area contributed by atoms with E-state index in [2.05, 4.69) is 18.2 Å². The summed E-state index contributed by atoms with van der Waals surface area (Å²) < 4.78 is 17.0. The minimum Gasteiger partial charge on any atom is -0.468 e. The van der Waals surface area contributed by atoms with Gasteiger partial charge in [-0.1, -0.05) is 97.1 Å². The van der Waals surface area contributed by atoms with Gasteiger partial charge in [0.2, 0.25) is 0 Å². The van der Waals surface area contributed by atoms with E-state index in [1.807, 2.05) is 78.9 Å². The summed E-state index contributed by atoms with van der Waals surface area (Å²) in [6.07, 6.45) is 4.32. The van der Waals surface area contributed by atoms with Gasteiger partial charge in [-0.15, -0.1) is 0 Å². The Hall–Kier alpha value is -4.97. The Balaban J connectivity index is 1.66. The molecule has 1 atom stereocenters. The van der Waals surface area contributed by atoms with E-state index in [0.717, 1.165) is 39.0 Å². The molecule has 210 valence electrons. The standard InChI is InChI=1S/C36H30O6/c1-22(37)23-14-16-24(17-15-23)27-18-28-20-36(34(38)40-2,35(39)41-3)21-30-31(28)32(29(19-27)25-10-6-4-7-11-25)33(42-30)26-12-8-5-9-13-26/h4-19,29H,20-21H2,1-3H3. The molecule has 0 bridgehead atoms. The lowest BCUT2D eigenvalue weighted by molar-refractivity contribution is -0.169. The summed E-state index contributed by atoms with van der Waals surface area (Å²) in [6.45, 7) is 1.54. The molecule has 0 aliphatic heterocycles. The van der Waals surface area contributed by atoms with Crippen molar-refractivity contribution in [2.24, 2.45) is 5.41 Å². The Labute approximate surface area is 244 Å². The third-order valence-electron chi connectivity index (χ3n) is 8.25. The van der Waals surface area contributed by atoms with Gasteiger partial charge in [-0.2, -0.15) is 0 Å². The van der Waals surface area contributed by atoms with Gasteiger partial charge in [0, 0.05) is 41.0 Å². The number of ketones is 1. The highest BCUT2D eigenvalue weighted by atomic mass is 16.5. The molecule has 4 aromatic rings. The molecular weight excluding hydrogens is 528 g/mol. The molecule has 0 fully saturated rings. The van der Waals surface area contributed by atoms with Gasteiger partial charge in [-0.05, 0) is 29.2 Å². The normalized spacial score (nSPS) is 16.8. The van der Waals surface area contributed by atoms with Crippen molar-refractivity contribution in [1.29, 1.82) is 0 Å². The molecule has 0 spiro atoms. The van der Waals surface area contributed by atoms with Crippen LogP contribution in [-0.4, -0.2) is 31.9 Å². The van der Waals surface area contributed by atoms with Gasteiger partial charge < -0.3 is 13.9 Å². The summed E-state index contributed by atoms with van der Waals surface area (Å²) in [6, 6.07) is 27.5. The maximum atomic E-state index is 13.3. The predicted octanol–water partition coefficient (Wildman–Crippen LogP) is 7.04. The van der Waals surface area contributed by atoms with E-state index < -0.39 is 17.4 Å². The van der Waals surface area contributed by atoms with Crippen LogP contribution >= 0.6 is 0 Å². The van der Waals surface area contributed by atoms with Crippen LogP contribution in [0.5, 0.6) is 0 Å². The highest BCUT2D eigenvalue weighted by molar-refractivity contribution is 6.05. The average molecular weight is 559 g/mol. The average Bonchev–Trinajstić information content (AvgIpc) is 3.32. The minimum atomic E-state index is -1.60. The highest BCUT2D eigenvalue weighted by Gasteiger charge is 2.54. The summed E-state index contributed by atoms with van der Waals surface area (Å²) in [7, 11) is 2.56. The van der Waals surface area contributed by atoms with Crippen molar-refractivity contribution in [2.45, 2.75) is 25.7 Å². The van der Waals surface area contributed by atoms with E-state index in [9.17, 15) is 14.4 Å². The smallest absolute Gasteiger partial charge is 0.324 e. The first kappa shape index (κ1) is 27.2. The van der Waals surface area contributed by atoms with Crippen LogP contribution < -0.4 is 0 Å². The Kier molecular flexibility index (Phi) is 6.99. The monoisotopic (exact) mass is 558 g/mol. The molecule has 0 saturated carbocycles. The first-order valence-electron chi connectivity index (χ1n) is 13.8. The van der Waals surface area contributed by atoms with Crippen LogP contribution in [0.4, 0.5) is 0 Å². The number of Topliss-reactive ketones (excluding diaryl/α,β-unsaturated/α-hetero) is 1. The zero-order valence-corrected chi connectivity index (χ0v) is 23.7. The van der Waals surface area contributed by atoms with Crippen molar-refractivity contribution in [3.05, 3.63) is 131 Å². The van der Waals surface area contributed by atoms with Gasteiger partial charge >= 0.3 is 11.9 Å². The summed E-state index contributed by atoms with van der Waals surface area (Å²) in [5.41, 5.74) is 5.47. The van der Waals surface area contributed by atoms with Crippen molar-refractivity contribution < 1.29 is 28.3 Å². The second-order valence-corrected chi connectivity index (χ2v) is 10.7. The van der Waals surface area contributed by atoms with Crippen molar-refractivity contribution in [1.82, 2.24) is 0 Å². The number of allylic oxidation sites excluding steroid dienone is 4. The van der Waals surface area contributed by atoms with Crippen LogP contribution in [0.1, 0.15) is 57.6 Å². The zero-order chi connectivity index (χ0) is 29.4. The summed E-state index contributed by atoms with van der Waals surface area (Å²) >= 11 is 0. The number of esters is 2. The molecule has 42 heavy (non-hydrogen) atoms. The van der Waals surface area contributed by atoms with Crippen molar-refractivity contribution >= 4 is 28.9 Å². The molecule has 6 rings (SSSR count). The van der Waals surface area contributed by atoms with Crippen LogP contribution in [-0.2, 0) is 25.5 Å². The number of rotatable bonds is 6. The molecule has 0 N–H and O–H groups in total. The van der Waals surface area contributed by atoms with E-state index in [1.54, 1.807) is 6.92 Å². The molecule has 1 aromatic heterocycles. The van der Waals surface area contributed by atoms with E-state index in [-0.39, 0.29) is 24.5 Å². The third-order valence-corrected chi connectivity index (χ3v) is 8.25. The number of hydrogen-bond donors (Lipinski definition) is 0. The lowest BCUT2D eigenvalue weighted by Gasteiger charge is -2.32. The van der Waals surface area contributed by atoms with E-state index in [1.165, 1.54) is 14.2 Å². The first-order chi connectivity index (χ1) is 20.4. The third kappa shape index (κ3) is 4.49. The molecule has 6 heteroatoms. The second-order valence-electron chi connectivity index (χ2n) is 10.7. The van der Waals surface area contributed by atoms with Crippen molar-refractivity contribution in [2.75, 3.05) is 14.2 Å². The van der Waals surface area contributed by atoms with Crippen LogP contribution in [0.2, 0.25) is 0 Å². The molecule has 2 aliphatic rings. The number of benzene rings is 3. The van der Waals surface area contributed by atoms with E-state index >= 15 is 0 Å². The topological polar surface area (TPSA) is 82.8 Å². The number of ether oxygens (including phenoxy) is 2. The Bertz CT molecular complexity index is 1720. The number of methoxy groups -OCH3 is 2. The lowest BCUT2D eigenvalue weighted by Crippen LogP contribution is -2.45. The summed E-state index contributed by atoms with van der Waals surface area (Å²) in [4.78, 5) is 38.6. The highest BCUT2D eigenvalue weighted by Crippen LogP contribution is 2.53. The summed E-state index contributed by atoms with van der Waals surface area (Å²) in [5, 5.41) is 0. The maximum absolute atomic E-state index is 13.3. The number of carbonyl (C=O) groups is 3. The van der Waals surface area contributed by atoms with Crippen LogP contribution in [0.15, 0.2) is 101 Å². The molecule has 3 aromatic carbocycles. The Morgan fingerprint density at radius 1 is 0.786 bits per heavy atom. The molecule has 1 unspecified atom stereocenters. The van der Waals surface area contributed by atoms with Crippen LogP contribution in [0.25, 0.3) is 22.5 Å². The largest absolute Gasteiger partial charge is 0.468 e. The Morgan fingerprint density at radius 2 is 1.40 bits per heavy atom. The minimum absolute atomic E-state index is 0.00994. The number of furan rings is 1. The van der Waals surface area contributed by atoms with Crippen LogP contribution in [0, 0.1) is 5.41 Å². The van der Waals surface area contributed by atoms with E-state index in [0.29, 0.717) is 17.1 Å². The first-order valence-corrected chi connectivity index (χ1v) is 13.8. The molecule has 1 heterocycles. The van der Waals surface area contributed by atoms with Gasteiger partial charge in [0.15, 0.2) is 11.2 Å². The van der Waals surface area contributed by atoms with Crippen LogP contribution in [0.3, 0.4) is 0 Å². The molecule has 0 radical (unpaired) electrons. The number of hydrogen-bond acceptors (Lipinski definition) is 6. The van der Waals surface area contributed by atoms with Gasteiger partial charge in [0.25, 0.3) is 0 Å². The molecule has 6 nitrogen and oxygen atoms in total. The SMILES string of the molecule is COC(=O)C1(C(=O)OC)CC2=CC(c3ccc(C(C)=O)cc3)=CC(c3ccccc3)c3c(-c4ccccc4)oc(c32)C1. The van der Waals surface area contributed by atoms with Crippen molar-refractivity contribution in [3.8, 4) is 11.3 Å². The van der Waals surface area contributed by atoms with E-state index in [4.69, 9.17) is 13.9 Å². The van der Waals surface area contributed by atoms with Gasteiger partial charge in [-0.3, -0.25) is 14.4 Å². The van der Waals surface area contributed by atoms with Gasteiger partial charge in [-0.25, -0.2) is 0 Å². The molecule has 0 amide bonds. The lowest BCUT2D eigenvalue weighted by atomic mass is 9.70. The quantitative estimate of drug-likeness (QED) is 0.143. The summed E-state index contributed by atoms with van der Waals surface area (Å²) in [5.74, 6) is -0.311. The predicted molar refractivity (Wildman–Crippen MR) is 160 cm³/mol. The van der Waals surface area contributed by atoms with Gasteiger partial charge in [0.05, 0.1) is 14.2 Å². The fraction of sp³-hybridized carbons (Fsp3) is 0.194.